The minimum Gasteiger partial charge on any atom is -0.508 e. The van der Waals surface area contributed by atoms with Crippen molar-refractivity contribution in [2.24, 2.45) is 0 Å². The van der Waals surface area contributed by atoms with Crippen LogP contribution in [-0.4, -0.2) is 22.7 Å². The highest BCUT2D eigenvalue weighted by molar-refractivity contribution is 5.95. The van der Waals surface area contributed by atoms with Crippen molar-refractivity contribution in [2.45, 2.75) is 20.3 Å². The molecule has 21 heavy (non-hydrogen) atoms. The second-order valence-electron chi connectivity index (χ2n) is 4.57. The van der Waals surface area contributed by atoms with Gasteiger partial charge in [-0.25, -0.2) is 4.79 Å². The number of nitrogens with one attached hydrogen (secondary N) is 2. The third kappa shape index (κ3) is 3.51. The van der Waals surface area contributed by atoms with Gasteiger partial charge in [0.25, 0.3) is 0 Å². The molecular formula is C16H19N3O2. The molecule has 0 aliphatic carbocycles. The number of aromatic hydroxyl groups is 1. The molecule has 0 aliphatic heterocycles. The Hall–Kier alpha value is -2.56. The van der Waals surface area contributed by atoms with E-state index in [-0.39, 0.29) is 11.8 Å². The van der Waals surface area contributed by atoms with Crippen LogP contribution in [-0.2, 0) is 6.42 Å². The Morgan fingerprint density at radius 1 is 1.29 bits per heavy atom. The van der Waals surface area contributed by atoms with Gasteiger partial charge < -0.3 is 15.7 Å². The smallest absolute Gasteiger partial charge is 0.319 e. The van der Waals surface area contributed by atoms with Crippen molar-refractivity contribution >= 4 is 11.7 Å². The van der Waals surface area contributed by atoms with E-state index >= 15 is 0 Å². The fourth-order valence-corrected chi connectivity index (χ4v) is 2.19. The molecule has 3 N–H and O–H groups in total. The van der Waals surface area contributed by atoms with Gasteiger partial charge in [-0.15, -0.1) is 0 Å². The maximum atomic E-state index is 11.8. The highest BCUT2D eigenvalue weighted by Crippen LogP contribution is 2.32. The summed E-state index contributed by atoms with van der Waals surface area (Å²) in [5.74, 6) is 0.183. The Morgan fingerprint density at radius 3 is 2.76 bits per heavy atom. The number of carbonyl (C=O) groups is 1. The lowest BCUT2D eigenvalue weighted by Crippen LogP contribution is -2.28. The highest BCUT2D eigenvalue weighted by atomic mass is 16.3. The Balaban J connectivity index is 2.48. The lowest BCUT2D eigenvalue weighted by Gasteiger charge is -2.15. The van der Waals surface area contributed by atoms with E-state index in [2.05, 4.69) is 15.6 Å². The van der Waals surface area contributed by atoms with E-state index in [0.717, 1.165) is 23.2 Å². The second kappa shape index (κ2) is 6.74. The zero-order valence-electron chi connectivity index (χ0n) is 12.2. The van der Waals surface area contributed by atoms with E-state index in [1.165, 1.54) is 0 Å². The van der Waals surface area contributed by atoms with Crippen LogP contribution < -0.4 is 10.6 Å². The van der Waals surface area contributed by atoms with Crippen molar-refractivity contribution < 1.29 is 9.90 Å². The van der Waals surface area contributed by atoms with Gasteiger partial charge in [0.2, 0.25) is 0 Å². The quantitative estimate of drug-likeness (QED) is 0.807. The normalized spacial score (nSPS) is 10.2. The zero-order valence-corrected chi connectivity index (χ0v) is 12.2. The molecule has 0 unspecified atom stereocenters. The molecule has 0 radical (unpaired) electrons. The van der Waals surface area contributed by atoms with Crippen LogP contribution in [0.15, 0.2) is 36.5 Å². The molecule has 0 saturated heterocycles. The molecule has 1 heterocycles. The largest absolute Gasteiger partial charge is 0.508 e. The lowest BCUT2D eigenvalue weighted by atomic mass is 10.0. The molecule has 110 valence electrons. The number of rotatable bonds is 4. The van der Waals surface area contributed by atoms with Crippen molar-refractivity contribution in [1.82, 2.24) is 10.3 Å². The number of aryl methyl sites for hydroxylation is 1. The number of hydrogen-bond acceptors (Lipinski definition) is 3. The molecule has 5 nitrogen and oxygen atoms in total. The Kier molecular flexibility index (Phi) is 4.77. The predicted molar refractivity (Wildman–Crippen MR) is 83.4 cm³/mol. The third-order valence-corrected chi connectivity index (χ3v) is 3.08. The van der Waals surface area contributed by atoms with E-state index in [1.54, 1.807) is 30.5 Å². The van der Waals surface area contributed by atoms with Crippen LogP contribution in [0.25, 0.3) is 11.1 Å². The standard InChI is InChI=1S/C16H19N3O2/c1-3-13-15(11-6-5-7-12(20)10-11)14(8-9-18-13)19-16(21)17-4-2/h5-10,20H,3-4H2,1-2H3,(H2,17,18,19,21). The van der Waals surface area contributed by atoms with Gasteiger partial charge in [-0.05, 0) is 37.1 Å². The van der Waals surface area contributed by atoms with E-state index in [9.17, 15) is 9.90 Å². The van der Waals surface area contributed by atoms with Gasteiger partial charge in [0.05, 0.1) is 5.69 Å². The maximum absolute atomic E-state index is 11.8. The number of urea groups is 1. The van der Waals surface area contributed by atoms with E-state index in [4.69, 9.17) is 0 Å². The fourth-order valence-electron chi connectivity index (χ4n) is 2.19. The van der Waals surface area contributed by atoms with Crippen molar-refractivity contribution in [3.05, 3.63) is 42.2 Å². The van der Waals surface area contributed by atoms with Crippen LogP contribution in [0.3, 0.4) is 0 Å². The van der Waals surface area contributed by atoms with Gasteiger partial charge in [0.15, 0.2) is 0 Å². The molecule has 5 heteroatoms. The Morgan fingerprint density at radius 2 is 2.10 bits per heavy atom. The molecule has 0 fully saturated rings. The molecule has 2 rings (SSSR count). The number of benzene rings is 1. The summed E-state index contributed by atoms with van der Waals surface area (Å²) in [4.78, 5) is 16.1. The number of phenols is 1. The zero-order chi connectivity index (χ0) is 15.2. The molecule has 0 spiro atoms. The fraction of sp³-hybridized carbons (Fsp3) is 0.250. The van der Waals surface area contributed by atoms with Crippen LogP contribution in [0.2, 0.25) is 0 Å². The van der Waals surface area contributed by atoms with Gasteiger partial charge in [-0.2, -0.15) is 0 Å². The van der Waals surface area contributed by atoms with Crippen LogP contribution >= 0.6 is 0 Å². The van der Waals surface area contributed by atoms with Crippen LogP contribution in [0, 0.1) is 0 Å². The van der Waals surface area contributed by atoms with E-state index in [0.29, 0.717) is 12.2 Å². The Labute approximate surface area is 124 Å². The van der Waals surface area contributed by atoms with Crippen LogP contribution in [0.4, 0.5) is 10.5 Å². The molecule has 2 aromatic rings. The average molecular weight is 285 g/mol. The lowest BCUT2D eigenvalue weighted by molar-refractivity contribution is 0.252. The van der Waals surface area contributed by atoms with E-state index in [1.807, 2.05) is 19.9 Å². The van der Waals surface area contributed by atoms with E-state index < -0.39 is 0 Å². The summed E-state index contributed by atoms with van der Waals surface area (Å²) in [6, 6.07) is 8.44. The van der Waals surface area contributed by atoms with Crippen molar-refractivity contribution in [2.75, 3.05) is 11.9 Å². The number of amides is 2. The molecule has 0 atom stereocenters. The molecule has 0 aliphatic rings. The summed E-state index contributed by atoms with van der Waals surface area (Å²) in [7, 11) is 0. The molecule has 0 saturated carbocycles. The topological polar surface area (TPSA) is 74.2 Å². The van der Waals surface area contributed by atoms with Crippen LogP contribution in [0.1, 0.15) is 19.5 Å². The summed E-state index contributed by atoms with van der Waals surface area (Å²) < 4.78 is 0. The maximum Gasteiger partial charge on any atom is 0.319 e. The minimum atomic E-state index is -0.257. The number of hydrogen-bond donors (Lipinski definition) is 3. The summed E-state index contributed by atoms with van der Waals surface area (Å²) in [6.07, 6.45) is 2.41. The van der Waals surface area contributed by atoms with Gasteiger partial charge in [-0.1, -0.05) is 19.1 Å². The molecule has 1 aromatic heterocycles. The average Bonchev–Trinajstić information content (AvgIpc) is 2.47. The number of pyridine rings is 1. The van der Waals surface area contributed by atoms with Gasteiger partial charge in [-0.3, -0.25) is 4.98 Å². The number of aromatic nitrogens is 1. The summed E-state index contributed by atoms with van der Waals surface area (Å²) in [6.45, 7) is 4.42. The van der Waals surface area contributed by atoms with Crippen molar-refractivity contribution in [3.8, 4) is 16.9 Å². The SMILES string of the molecule is CCNC(=O)Nc1ccnc(CC)c1-c1cccc(O)c1. The third-order valence-electron chi connectivity index (χ3n) is 3.08. The molecule has 1 aromatic carbocycles. The predicted octanol–water partition coefficient (Wildman–Crippen LogP) is 3.16. The molecule has 0 bridgehead atoms. The first kappa shape index (κ1) is 14.8. The number of anilines is 1. The van der Waals surface area contributed by atoms with Gasteiger partial charge in [0.1, 0.15) is 5.75 Å². The van der Waals surface area contributed by atoms with Gasteiger partial charge >= 0.3 is 6.03 Å². The van der Waals surface area contributed by atoms with Crippen molar-refractivity contribution in [1.29, 1.82) is 0 Å². The summed E-state index contributed by atoms with van der Waals surface area (Å²) >= 11 is 0. The first-order chi connectivity index (χ1) is 10.2. The van der Waals surface area contributed by atoms with Gasteiger partial charge in [0, 0.05) is 24.0 Å². The second-order valence-corrected chi connectivity index (χ2v) is 4.57. The number of phenolic OH excluding ortho intramolecular Hbond substituents is 1. The summed E-state index contributed by atoms with van der Waals surface area (Å²) in [5.41, 5.74) is 3.21. The Bertz CT molecular complexity index is 641. The van der Waals surface area contributed by atoms with Crippen LogP contribution in [0.5, 0.6) is 5.75 Å². The summed E-state index contributed by atoms with van der Waals surface area (Å²) in [5, 5.41) is 15.2. The molecular weight excluding hydrogens is 266 g/mol. The first-order valence-corrected chi connectivity index (χ1v) is 6.97. The first-order valence-electron chi connectivity index (χ1n) is 6.97. The van der Waals surface area contributed by atoms with Crippen molar-refractivity contribution in [3.63, 3.8) is 0 Å². The molecule has 2 amide bonds. The monoisotopic (exact) mass is 285 g/mol. The number of carbonyl (C=O) groups excluding carboxylic acids is 1. The minimum absolute atomic E-state index is 0.183. The highest BCUT2D eigenvalue weighted by Gasteiger charge is 2.13. The number of nitrogens with zero attached hydrogens (tertiary/aromatic N) is 1.